The molecule has 0 radical (unpaired) electrons. The summed E-state index contributed by atoms with van der Waals surface area (Å²) < 4.78 is 19.4. The van der Waals surface area contributed by atoms with Crippen LogP contribution < -0.4 is 4.74 Å². The number of nitrogens with zero attached hydrogens (tertiary/aromatic N) is 3. The lowest BCUT2D eigenvalue weighted by Gasteiger charge is -2.20. The molecule has 3 aromatic rings. The van der Waals surface area contributed by atoms with Gasteiger partial charge in [-0.05, 0) is 47.7 Å². The van der Waals surface area contributed by atoms with E-state index in [9.17, 15) is 9.18 Å². The molecule has 2 heterocycles. The predicted octanol–water partition coefficient (Wildman–Crippen LogP) is 5.73. The van der Waals surface area contributed by atoms with Crippen molar-refractivity contribution in [3.05, 3.63) is 106 Å². The second kappa shape index (κ2) is 9.24. The first-order chi connectivity index (χ1) is 16.5. The van der Waals surface area contributed by atoms with E-state index >= 15 is 0 Å². The molecule has 9 heteroatoms. The van der Waals surface area contributed by atoms with Crippen LogP contribution in [-0.4, -0.2) is 27.0 Å². The molecule has 6 nitrogen and oxygen atoms in total. The number of nitrogens with one attached hydrogen (secondary N) is 1. The molecule has 0 aliphatic carbocycles. The SMILES string of the molecule is N=C1/C(=C/c2ccc(OCc3ccccc3F)cc2)C(=O)N=C2SC(c3ccccc3Cl)=NN12. The molecule has 0 spiro atoms. The molecule has 0 atom stereocenters. The zero-order valence-electron chi connectivity index (χ0n) is 17.5. The van der Waals surface area contributed by atoms with E-state index in [1.54, 1.807) is 54.6 Å². The lowest BCUT2D eigenvalue weighted by Crippen LogP contribution is -2.35. The normalized spacial score (nSPS) is 16.4. The van der Waals surface area contributed by atoms with E-state index in [2.05, 4.69) is 10.1 Å². The molecule has 2 aliphatic rings. The van der Waals surface area contributed by atoms with Crippen molar-refractivity contribution in [2.75, 3.05) is 0 Å². The van der Waals surface area contributed by atoms with Gasteiger partial charge in [0.05, 0.1) is 10.6 Å². The van der Waals surface area contributed by atoms with Crippen molar-refractivity contribution in [1.29, 1.82) is 5.41 Å². The lowest BCUT2D eigenvalue weighted by molar-refractivity contribution is -0.114. The molecule has 5 rings (SSSR count). The summed E-state index contributed by atoms with van der Waals surface area (Å²) in [6.07, 6.45) is 1.58. The van der Waals surface area contributed by atoms with Gasteiger partial charge in [-0.25, -0.2) is 4.39 Å². The predicted molar refractivity (Wildman–Crippen MR) is 133 cm³/mol. The molecule has 0 saturated heterocycles. The van der Waals surface area contributed by atoms with Crippen molar-refractivity contribution < 1.29 is 13.9 Å². The minimum Gasteiger partial charge on any atom is -0.489 e. The maximum absolute atomic E-state index is 13.8. The second-order valence-electron chi connectivity index (χ2n) is 7.35. The van der Waals surface area contributed by atoms with Crippen LogP contribution in [0.15, 0.2) is 88.5 Å². The summed E-state index contributed by atoms with van der Waals surface area (Å²) in [7, 11) is 0. The number of rotatable bonds is 5. The van der Waals surface area contributed by atoms with E-state index < -0.39 is 5.91 Å². The molecule has 1 amide bonds. The van der Waals surface area contributed by atoms with Crippen LogP contribution in [-0.2, 0) is 11.4 Å². The van der Waals surface area contributed by atoms with Gasteiger partial charge in [0.1, 0.15) is 23.2 Å². The third-order valence-corrected chi connectivity index (χ3v) is 6.37. The molecule has 168 valence electrons. The van der Waals surface area contributed by atoms with Crippen LogP contribution in [0.5, 0.6) is 5.75 Å². The quantitative estimate of drug-likeness (QED) is 0.463. The number of hydrazone groups is 1. The van der Waals surface area contributed by atoms with E-state index in [1.807, 2.05) is 18.2 Å². The van der Waals surface area contributed by atoms with Crippen molar-refractivity contribution >= 4 is 51.4 Å². The fraction of sp³-hybridized carbons (Fsp3) is 0.0400. The van der Waals surface area contributed by atoms with Crippen molar-refractivity contribution in [1.82, 2.24) is 5.01 Å². The largest absolute Gasteiger partial charge is 0.489 e. The average molecular weight is 491 g/mol. The van der Waals surface area contributed by atoms with Crippen LogP contribution in [0.4, 0.5) is 4.39 Å². The minimum absolute atomic E-state index is 0.0653. The number of ether oxygens (including phenoxy) is 1. The number of carbonyl (C=O) groups excluding carboxylic acids is 1. The maximum atomic E-state index is 13.8. The number of amidine groups is 2. The number of benzene rings is 3. The molecular formula is C25H16ClFN4O2S. The molecule has 2 aliphatic heterocycles. The Balaban J connectivity index is 1.33. The van der Waals surface area contributed by atoms with Crippen LogP contribution in [0.3, 0.4) is 0 Å². The topological polar surface area (TPSA) is 78.1 Å². The van der Waals surface area contributed by atoms with Crippen molar-refractivity contribution in [2.45, 2.75) is 6.61 Å². The van der Waals surface area contributed by atoms with E-state index in [1.165, 1.54) is 22.8 Å². The summed E-state index contributed by atoms with van der Waals surface area (Å²) in [6.45, 7) is 0.103. The zero-order valence-corrected chi connectivity index (χ0v) is 19.1. The van der Waals surface area contributed by atoms with Gasteiger partial charge in [0.15, 0.2) is 5.84 Å². The van der Waals surface area contributed by atoms with Crippen molar-refractivity contribution in [2.24, 2.45) is 10.1 Å². The Morgan fingerprint density at radius 1 is 1.06 bits per heavy atom. The van der Waals surface area contributed by atoms with Crippen molar-refractivity contribution in [3.8, 4) is 5.75 Å². The Labute approximate surface area is 203 Å². The van der Waals surface area contributed by atoms with Crippen LogP contribution in [0.2, 0.25) is 5.02 Å². The summed E-state index contributed by atoms with van der Waals surface area (Å²) in [5.41, 5.74) is 1.98. The Bertz CT molecular complexity index is 1400. The highest BCUT2D eigenvalue weighted by Crippen LogP contribution is 2.33. The van der Waals surface area contributed by atoms with E-state index in [0.29, 0.717) is 37.7 Å². The van der Waals surface area contributed by atoms with Gasteiger partial charge in [-0.2, -0.15) is 15.1 Å². The molecule has 0 aromatic heterocycles. The number of fused-ring (bicyclic) bond motifs is 1. The van der Waals surface area contributed by atoms with Crippen LogP contribution in [0, 0.1) is 11.2 Å². The smallest absolute Gasteiger partial charge is 0.283 e. The number of thioether (sulfide) groups is 1. The standard InChI is InChI=1S/C25H16ClFN4O2S/c26-20-7-3-2-6-18(20)24-30-31-22(28)19(23(32)29-25(31)34-24)13-15-9-11-17(12-10-15)33-14-16-5-1-4-8-21(16)27/h1-13,28H,14H2/b19-13-,28-22?. The third kappa shape index (κ3) is 4.37. The summed E-state index contributed by atoms with van der Waals surface area (Å²) in [5.74, 6) is -0.345. The van der Waals surface area contributed by atoms with Crippen molar-refractivity contribution in [3.63, 3.8) is 0 Å². The molecular weight excluding hydrogens is 475 g/mol. The first-order valence-electron chi connectivity index (χ1n) is 10.2. The summed E-state index contributed by atoms with van der Waals surface area (Å²) >= 11 is 7.46. The number of halogens is 2. The molecule has 0 unspecified atom stereocenters. The van der Waals surface area contributed by atoms with E-state index in [0.717, 1.165) is 0 Å². The molecule has 0 bridgehead atoms. The number of amides is 1. The van der Waals surface area contributed by atoms with Crippen LogP contribution >= 0.6 is 23.4 Å². The first kappa shape index (κ1) is 22.1. The lowest BCUT2D eigenvalue weighted by atomic mass is 10.1. The van der Waals surface area contributed by atoms with Gasteiger partial charge in [-0.15, -0.1) is 0 Å². The summed E-state index contributed by atoms with van der Waals surface area (Å²) in [6, 6.07) is 20.6. The Kier molecular flexibility index (Phi) is 6.00. The Morgan fingerprint density at radius 2 is 1.79 bits per heavy atom. The number of aliphatic imine (C=N–C) groups is 1. The molecule has 3 aromatic carbocycles. The minimum atomic E-state index is -0.515. The van der Waals surface area contributed by atoms with Gasteiger partial charge in [-0.1, -0.05) is 60.1 Å². The van der Waals surface area contributed by atoms with Gasteiger partial charge in [0, 0.05) is 11.1 Å². The average Bonchev–Trinajstić information content (AvgIpc) is 3.26. The summed E-state index contributed by atoms with van der Waals surface area (Å²) in [5, 5.41) is 15.7. The van der Waals surface area contributed by atoms with Crippen LogP contribution in [0.1, 0.15) is 16.7 Å². The van der Waals surface area contributed by atoms with Gasteiger partial charge < -0.3 is 4.74 Å². The monoisotopic (exact) mass is 490 g/mol. The highest BCUT2D eigenvalue weighted by molar-refractivity contribution is 8.27. The zero-order chi connectivity index (χ0) is 23.7. The Hall–Kier alpha value is -3.75. The van der Waals surface area contributed by atoms with Gasteiger partial charge in [0.2, 0.25) is 5.17 Å². The number of hydrogen-bond donors (Lipinski definition) is 1. The highest BCUT2D eigenvalue weighted by atomic mass is 35.5. The van der Waals surface area contributed by atoms with Gasteiger partial charge in [-0.3, -0.25) is 10.2 Å². The summed E-state index contributed by atoms with van der Waals surface area (Å²) in [4.78, 5) is 16.8. The van der Waals surface area contributed by atoms with E-state index in [-0.39, 0.29) is 23.8 Å². The first-order valence-corrected chi connectivity index (χ1v) is 11.4. The molecule has 1 N–H and O–H groups in total. The molecule has 0 fully saturated rings. The third-order valence-electron chi connectivity index (χ3n) is 5.10. The fourth-order valence-electron chi connectivity index (χ4n) is 3.34. The molecule has 34 heavy (non-hydrogen) atoms. The maximum Gasteiger partial charge on any atom is 0.283 e. The number of hydrogen-bond acceptors (Lipinski definition) is 5. The highest BCUT2D eigenvalue weighted by Gasteiger charge is 2.36. The van der Waals surface area contributed by atoms with Crippen LogP contribution in [0.25, 0.3) is 6.08 Å². The van der Waals surface area contributed by atoms with Gasteiger partial charge in [0.25, 0.3) is 5.91 Å². The number of carbonyl (C=O) groups is 1. The Morgan fingerprint density at radius 3 is 2.56 bits per heavy atom. The fourth-order valence-corrected chi connectivity index (χ4v) is 4.55. The second-order valence-corrected chi connectivity index (χ2v) is 8.72. The van der Waals surface area contributed by atoms with E-state index in [4.69, 9.17) is 21.7 Å². The molecule has 0 saturated carbocycles. The van der Waals surface area contributed by atoms with Gasteiger partial charge >= 0.3 is 0 Å².